The summed E-state index contributed by atoms with van der Waals surface area (Å²) >= 11 is 0. The van der Waals surface area contributed by atoms with Crippen LogP contribution in [0.5, 0.6) is 0 Å². The van der Waals surface area contributed by atoms with Crippen LogP contribution in [-0.4, -0.2) is 22.0 Å². The average Bonchev–Trinajstić information content (AvgIpc) is 1.85. The van der Waals surface area contributed by atoms with E-state index in [4.69, 9.17) is 0 Å². The maximum Gasteiger partial charge on any atom is 0.0972 e. The molecule has 46 valence electrons. The van der Waals surface area contributed by atoms with E-state index in [1.165, 1.54) is 0 Å². The van der Waals surface area contributed by atoms with Crippen molar-refractivity contribution in [1.82, 2.24) is 4.90 Å². The van der Waals surface area contributed by atoms with Gasteiger partial charge in [0.15, 0.2) is 0 Å². The van der Waals surface area contributed by atoms with E-state index in [0.29, 0.717) is 5.88 Å². The maximum absolute atomic E-state index is 10.7. The van der Waals surface area contributed by atoms with Gasteiger partial charge < -0.3 is 4.90 Å². The molecule has 0 aromatic carbocycles. The topological polar surface area (TPSA) is 20.3 Å². The highest BCUT2D eigenvalue weighted by Crippen LogP contribution is 2.10. The van der Waals surface area contributed by atoms with Gasteiger partial charge in [-0.25, -0.2) is 0 Å². The molecule has 1 atom stereocenters. The first-order chi connectivity index (χ1) is 3.70. The molecule has 0 aliphatic carbocycles. The molecule has 1 heterocycles. The summed E-state index contributed by atoms with van der Waals surface area (Å²) in [5.74, 6) is 0.672. The van der Waals surface area contributed by atoms with Crippen LogP contribution in [0.25, 0.3) is 0 Å². The quantitative estimate of drug-likeness (QED) is 0.477. The lowest BCUT2D eigenvalue weighted by atomic mass is 10.5. The minimum absolute atomic E-state index is 0.672. The van der Waals surface area contributed by atoms with Crippen LogP contribution in [0.4, 0.5) is 0 Å². The summed E-state index contributed by atoms with van der Waals surface area (Å²) in [7, 11) is 1.22. The van der Waals surface area contributed by atoms with Crippen molar-refractivity contribution in [2.24, 2.45) is 0 Å². The van der Waals surface area contributed by atoms with Gasteiger partial charge in [0.1, 0.15) is 0 Å². The molecule has 1 rings (SSSR count). The summed E-state index contributed by atoms with van der Waals surface area (Å²) in [6, 6.07) is 0. The van der Waals surface area contributed by atoms with E-state index in [0.717, 1.165) is 5.70 Å². The predicted octanol–water partition coefficient (Wildman–Crippen LogP) is 0.499. The summed E-state index contributed by atoms with van der Waals surface area (Å²) < 4.78 is 10.7. The lowest BCUT2D eigenvalue weighted by Gasteiger charge is -2.08. The highest BCUT2D eigenvalue weighted by molar-refractivity contribution is 7.88. The van der Waals surface area contributed by atoms with Gasteiger partial charge in [0.25, 0.3) is 0 Å². The Balaban J connectivity index is 2.73. The Kier molecular flexibility index (Phi) is 1.38. The van der Waals surface area contributed by atoms with Crippen LogP contribution in [-0.2, 0) is 10.8 Å². The first-order valence-corrected chi connectivity index (χ1v) is 3.85. The van der Waals surface area contributed by atoms with Crippen LogP contribution >= 0.6 is 0 Å². The molecule has 0 radical (unpaired) electrons. The Morgan fingerprint density at radius 1 is 1.88 bits per heavy atom. The van der Waals surface area contributed by atoms with Crippen molar-refractivity contribution in [3.8, 4) is 0 Å². The van der Waals surface area contributed by atoms with E-state index < -0.39 is 10.8 Å². The Hall–Kier alpha value is -0.310. The second-order valence-corrected chi connectivity index (χ2v) is 3.22. The minimum atomic E-state index is -0.719. The summed E-state index contributed by atoms with van der Waals surface area (Å²) in [5, 5.41) is 1.78. The Morgan fingerprint density at radius 2 is 2.50 bits per heavy atom. The maximum atomic E-state index is 10.7. The van der Waals surface area contributed by atoms with Gasteiger partial charge in [-0.3, -0.25) is 4.21 Å². The van der Waals surface area contributed by atoms with E-state index in [-0.39, 0.29) is 0 Å². The molecule has 0 fully saturated rings. The van der Waals surface area contributed by atoms with Crippen molar-refractivity contribution in [3.63, 3.8) is 0 Å². The van der Waals surface area contributed by atoms with Crippen molar-refractivity contribution in [1.29, 1.82) is 0 Å². The Morgan fingerprint density at radius 3 is 2.62 bits per heavy atom. The molecule has 2 nitrogen and oxygen atoms in total. The Bertz CT molecular complexity index is 153. The second-order valence-electron chi connectivity index (χ2n) is 1.97. The van der Waals surface area contributed by atoms with Crippen LogP contribution < -0.4 is 0 Å². The molecule has 0 saturated heterocycles. The molecule has 0 N–H and O–H groups in total. The third-order valence-electron chi connectivity index (χ3n) is 1.22. The number of hydrogen-bond donors (Lipinski definition) is 0. The van der Waals surface area contributed by atoms with Gasteiger partial charge in [-0.15, -0.1) is 0 Å². The molecule has 0 bridgehead atoms. The summed E-state index contributed by atoms with van der Waals surface area (Å²) in [4.78, 5) is 1.98. The molecular formula is C5H9NOS. The highest BCUT2D eigenvalue weighted by atomic mass is 32.2. The van der Waals surface area contributed by atoms with Crippen LogP contribution in [0.15, 0.2) is 11.1 Å². The number of hydrogen-bond acceptors (Lipinski definition) is 2. The molecule has 1 unspecified atom stereocenters. The zero-order chi connectivity index (χ0) is 6.15. The molecule has 0 aromatic heterocycles. The smallest absolute Gasteiger partial charge is 0.0972 e. The van der Waals surface area contributed by atoms with E-state index in [1.807, 2.05) is 18.9 Å². The fourth-order valence-corrected chi connectivity index (χ4v) is 1.83. The van der Waals surface area contributed by atoms with Crippen LogP contribution in [0.3, 0.4) is 0 Å². The molecular weight excluding hydrogens is 122 g/mol. The summed E-state index contributed by atoms with van der Waals surface area (Å²) in [6.07, 6.45) is 0. The van der Waals surface area contributed by atoms with Gasteiger partial charge in [-0.2, -0.15) is 0 Å². The molecule has 1 aliphatic rings. The Labute approximate surface area is 51.6 Å². The van der Waals surface area contributed by atoms with Gasteiger partial charge in [-0.05, 0) is 6.92 Å². The fourth-order valence-electron chi connectivity index (χ4n) is 0.610. The van der Waals surface area contributed by atoms with Crippen molar-refractivity contribution in [3.05, 3.63) is 11.1 Å². The zero-order valence-electron chi connectivity index (χ0n) is 5.05. The molecule has 0 amide bonds. The molecule has 1 aliphatic heterocycles. The molecule has 3 heteroatoms. The SMILES string of the molecule is CC1=CS(=O)CN1C. The number of rotatable bonds is 0. The van der Waals surface area contributed by atoms with Crippen molar-refractivity contribution in [2.45, 2.75) is 6.92 Å². The van der Waals surface area contributed by atoms with Gasteiger partial charge in [-0.1, -0.05) is 0 Å². The van der Waals surface area contributed by atoms with E-state index in [9.17, 15) is 4.21 Å². The lowest BCUT2D eigenvalue weighted by molar-refractivity contribution is 0.499. The van der Waals surface area contributed by atoms with Gasteiger partial charge in [0.2, 0.25) is 0 Å². The van der Waals surface area contributed by atoms with Crippen molar-refractivity contribution >= 4 is 10.8 Å². The number of allylic oxidation sites excluding steroid dienone is 1. The first kappa shape index (κ1) is 5.82. The highest BCUT2D eigenvalue weighted by Gasteiger charge is 2.10. The van der Waals surface area contributed by atoms with E-state index in [2.05, 4.69) is 0 Å². The van der Waals surface area contributed by atoms with Gasteiger partial charge >= 0.3 is 0 Å². The zero-order valence-corrected chi connectivity index (χ0v) is 5.86. The predicted molar refractivity (Wildman–Crippen MR) is 34.5 cm³/mol. The minimum Gasteiger partial charge on any atom is -0.365 e. The van der Waals surface area contributed by atoms with E-state index >= 15 is 0 Å². The normalized spacial score (nSPS) is 28.5. The summed E-state index contributed by atoms with van der Waals surface area (Å²) in [5.41, 5.74) is 1.11. The lowest BCUT2D eigenvalue weighted by Crippen LogP contribution is -2.12. The molecule has 0 spiro atoms. The van der Waals surface area contributed by atoms with Gasteiger partial charge in [0.05, 0.1) is 16.7 Å². The first-order valence-electron chi connectivity index (χ1n) is 2.47. The third kappa shape index (κ3) is 0.916. The molecule has 8 heavy (non-hydrogen) atoms. The largest absolute Gasteiger partial charge is 0.365 e. The second kappa shape index (κ2) is 1.90. The standard InChI is InChI=1S/C5H9NOS/c1-5-3-8(7)4-6(5)2/h3H,4H2,1-2H3. The van der Waals surface area contributed by atoms with Gasteiger partial charge in [0, 0.05) is 18.2 Å². The van der Waals surface area contributed by atoms with Crippen LogP contribution in [0, 0.1) is 0 Å². The monoisotopic (exact) mass is 131 g/mol. The third-order valence-corrected chi connectivity index (χ3v) is 2.47. The average molecular weight is 131 g/mol. The van der Waals surface area contributed by atoms with Crippen molar-refractivity contribution < 1.29 is 4.21 Å². The van der Waals surface area contributed by atoms with E-state index in [1.54, 1.807) is 5.41 Å². The molecule has 0 saturated carbocycles. The summed E-state index contributed by atoms with van der Waals surface area (Å²) in [6.45, 7) is 1.96. The van der Waals surface area contributed by atoms with Crippen LogP contribution in [0.2, 0.25) is 0 Å². The molecule has 0 aromatic rings. The number of nitrogens with zero attached hydrogens (tertiary/aromatic N) is 1. The van der Waals surface area contributed by atoms with Crippen LogP contribution in [0.1, 0.15) is 6.92 Å². The fraction of sp³-hybridized carbons (Fsp3) is 0.600. The van der Waals surface area contributed by atoms with Crippen molar-refractivity contribution in [2.75, 3.05) is 12.9 Å².